The van der Waals surface area contributed by atoms with Crippen molar-refractivity contribution >= 4 is 16.2 Å². The summed E-state index contributed by atoms with van der Waals surface area (Å²) in [5.41, 5.74) is 0.194. The minimum absolute atomic E-state index is 0.194. The SMILES string of the molecule is N#CC1=CN(NS(=O)(=O)C2CC2)CC=N1. The zero-order valence-electron chi connectivity index (χ0n) is 7.92. The van der Waals surface area contributed by atoms with Crippen LogP contribution in [0, 0.1) is 11.3 Å². The van der Waals surface area contributed by atoms with Gasteiger partial charge >= 0.3 is 0 Å². The van der Waals surface area contributed by atoms with E-state index < -0.39 is 10.0 Å². The summed E-state index contributed by atoms with van der Waals surface area (Å²) in [6.07, 6.45) is 4.31. The number of nitrogens with zero attached hydrogens (tertiary/aromatic N) is 3. The van der Waals surface area contributed by atoms with Crippen LogP contribution in [0.5, 0.6) is 0 Å². The molecule has 0 atom stereocenters. The highest BCUT2D eigenvalue weighted by Crippen LogP contribution is 2.27. The molecule has 1 saturated carbocycles. The van der Waals surface area contributed by atoms with Gasteiger partial charge in [-0.25, -0.2) is 13.4 Å². The van der Waals surface area contributed by atoms with Crippen molar-refractivity contribution < 1.29 is 8.42 Å². The number of hydrogen-bond donors (Lipinski definition) is 1. The van der Waals surface area contributed by atoms with Crippen LogP contribution in [-0.2, 0) is 10.0 Å². The van der Waals surface area contributed by atoms with E-state index in [1.54, 1.807) is 0 Å². The molecule has 7 heteroatoms. The summed E-state index contributed by atoms with van der Waals surface area (Å²) in [6.45, 7) is 0.344. The Morgan fingerprint density at radius 1 is 1.60 bits per heavy atom. The van der Waals surface area contributed by atoms with Crippen LogP contribution in [0.15, 0.2) is 16.9 Å². The molecule has 1 heterocycles. The molecule has 2 rings (SSSR count). The van der Waals surface area contributed by atoms with Crippen molar-refractivity contribution in [3.8, 4) is 6.07 Å². The van der Waals surface area contributed by atoms with Crippen LogP contribution in [0.3, 0.4) is 0 Å². The van der Waals surface area contributed by atoms with Crippen LogP contribution < -0.4 is 4.83 Å². The summed E-state index contributed by atoms with van der Waals surface area (Å²) < 4.78 is 23.1. The van der Waals surface area contributed by atoms with Gasteiger partial charge in [0.2, 0.25) is 10.0 Å². The van der Waals surface area contributed by atoms with E-state index in [-0.39, 0.29) is 10.9 Å². The molecule has 0 radical (unpaired) electrons. The second-order valence-electron chi connectivity index (χ2n) is 3.43. The Morgan fingerprint density at radius 3 is 2.93 bits per heavy atom. The summed E-state index contributed by atoms with van der Waals surface area (Å²) in [7, 11) is -3.26. The van der Waals surface area contributed by atoms with Gasteiger partial charge < -0.3 is 0 Å². The highest BCUT2D eigenvalue weighted by Gasteiger charge is 2.36. The predicted octanol–water partition coefficient (Wildman–Crippen LogP) is -0.265. The number of nitriles is 1. The number of hydrogen-bond acceptors (Lipinski definition) is 5. The van der Waals surface area contributed by atoms with Gasteiger partial charge in [-0.05, 0) is 12.8 Å². The second kappa shape index (κ2) is 3.64. The third-order valence-corrected chi connectivity index (χ3v) is 3.95. The van der Waals surface area contributed by atoms with Gasteiger partial charge in [0.1, 0.15) is 6.07 Å². The van der Waals surface area contributed by atoms with Gasteiger partial charge in [-0.1, -0.05) is 0 Å². The monoisotopic (exact) mass is 226 g/mol. The minimum Gasteiger partial charge on any atom is -0.294 e. The molecule has 1 aliphatic carbocycles. The van der Waals surface area contributed by atoms with Gasteiger partial charge in [0.15, 0.2) is 5.70 Å². The summed E-state index contributed by atoms with van der Waals surface area (Å²) in [6, 6.07) is 1.85. The van der Waals surface area contributed by atoms with Crippen LogP contribution in [0.2, 0.25) is 0 Å². The van der Waals surface area contributed by atoms with E-state index in [1.807, 2.05) is 6.07 Å². The van der Waals surface area contributed by atoms with Gasteiger partial charge in [0.05, 0.1) is 18.0 Å². The number of aliphatic imine (C=N–C) groups is 1. The maximum absolute atomic E-state index is 11.5. The molecule has 1 aliphatic heterocycles. The average molecular weight is 226 g/mol. The number of sulfonamides is 1. The Kier molecular flexibility index (Phi) is 2.46. The number of allylic oxidation sites excluding steroid dienone is 1. The molecule has 1 N–H and O–H groups in total. The Labute approximate surface area is 87.9 Å². The molecule has 0 amide bonds. The van der Waals surface area contributed by atoms with Gasteiger partial charge in [-0.3, -0.25) is 5.01 Å². The molecule has 0 aromatic carbocycles. The highest BCUT2D eigenvalue weighted by atomic mass is 32.2. The fourth-order valence-electron chi connectivity index (χ4n) is 1.20. The van der Waals surface area contributed by atoms with Crippen molar-refractivity contribution in [2.75, 3.05) is 6.54 Å². The predicted molar refractivity (Wildman–Crippen MR) is 54.0 cm³/mol. The molecular weight excluding hydrogens is 216 g/mol. The molecule has 0 bridgehead atoms. The van der Waals surface area contributed by atoms with E-state index in [0.717, 1.165) is 0 Å². The fraction of sp³-hybridized carbons (Fsp3) is 0.500. The lowest BCUT2D eigenvalue weighted by molar-refractivity contribution is 0.376. The molecule has 0 aromatic rings. The maximum atomic E-state index is 11.5. The summed E-state index contributed by atoms with van der Waals surface area (Å²) in [5.74, 6) is 0. The second-order valence-corrected chi connectivity index (χ2v) is 5.37. The fourth-order valence-corrected chi connectivity index (χ4v) is 2.56. The third-order valence-electron chi connectivity index (χ3n) is 2.11. The van der Waals surface area contributed by atoms with E-state index in [0.29, 0.717) is 19.4 Å². The van der Waals surface area contributed by atoms with Crippen molar-refractivity contribution in [1.82, 2.24) is 9.84 Å². The first-order valence-corrected chi connectivity index (χ1v) is 6.09. The smallest absolute Gasteiger partial charge is 0.231 e. The Bertz CT molecular complexity index is 456. The first kappa shape index (κ1) is 10.1. The van der Waals surface area contributed by atoms with E-state index >= 15 is 0 Å². The zero-order chi connectivity index (χ0) is 10.9. The molecule has 6 nitrogen and oxygen atoms in total. The number of rotatable bonds is 3. The Hall–Kier alpha value is -1.39. The minimum atomic E-state index is -3.26. The quantitative estimate of drug-likeness (QED) is 0.718. The maximum Gasteiger partial charge on any atom is 0.231 e. The van der Waals surface area contributed by atoms with Gasteiger partial charge in [0.25, 0.3) is 0 Å². The van der Waals surface area contributed by atoms with E-state index in [9.17, 15) is 8.42 Å². The summed E-state index contributed by atoms with van der Waals surface area (Å²) in [4.78, 5) is 6.20. The van der Waals surface area contributed by atoms with Crippen molar-refractivity contribution in [2.24, 2.45) is 4.99 Å². The molecule has 0 saturated heterocycles. The lowest BCUT2D eigenvalue weighted by Crippen LogP contribution is -2.42. The third kappa shape index (κ3) is 2.34. The van der Waals surface area contributed by atoms with E-state index in [2.05, 4.69) is 9.82 Å². The Balaban J connectivity index is 2.05. The van der Waals surface area contributed by atoms with Crippen LogP contribution in [0.25, 0.3) is 0 Å². The van der Waals surface area contributed by atoms with Gasteiger partial charge in [0, 0.05) is 6.21 Å². The highest BCUT2D eigenvalue weighted by molar-refractivity contribution is 7.90. The van der Waals surface area contributed by atoms with Crippen LogP contribution in [0.4, 0.5) is 0 Å². The Morgan fingerprint density at radius 2 is 2.33 bits per heavy atom. The van der Waals surface area contributed by atoms with Gasteiger partial charge in [-0.15, -0.1) is 4.83 Å². The van der Waals surface area contributed by atoms with Crippen molar-refractivity contribution in [3.05, 3.63) is 11.9 Å². The first-order valence-electron chi connectivity index (χ1n) is 4.54. The molecule has 0 spiro atoms. The number of nitrogens with one attached hydrogen (secondary N) is 1. The molecule has 80 valence electrons. The summed E-state index contributed by atoms with van der Waals surface area (Å²) in [5, 5.41) is 9.68. The van der Waals surface area contributed by atoms with Crippen molar-refractivity contribution in [2.45, 2.75) is 18.1 Å². The van der Waals surface area contributed by atoms with Crippen molar-refractivity contribution in [1.29, 1.82) is 5.26 Å². The van der Waals surface area contributed by atoms with Crippen LogP contribution >= 0.6 is 0 Å². The normalized spacial score (nSPS) is 21.0. The molecular formula is C8H10N4O2S. The average Bonchev–Trinajstić information content (AvgIpc) is 3.00. The first-order chi connectivity index (χ1) is 7.12. The van der Waals surface area contributed by atoms with E-state index in [4.69, 9.17) is 5.26 Å². The largest absolute Gasteiger partial charge is 0.294 e. The molecule has 1 fully saturated rings. The molecule has 0 aromatic heterocycles. The zero-order valence-corrected chi connectivity index (χ0v) is 8.74. The number of hydrazine groups is 1. The van der Waals surface area contributed by atoms with Crippen LogP contribution in [0.1, 0.15) is 12.8 Å². The van der Waals surface area contributed by atoms with Gasteiger partial charge in [-0.2, -0.15) is 5.26 Å². The van der Waals surface area contributed by atoms with E-state index in [1.165, 1.54) is 17.4 Å². The molecule has 2 aliphatic rings. The van der Waals surface area contributed by atoms with Crippen LogP contribution in [-0.4, -0.2) is 31.4 Å². The lowest BCUT2D eigenvalue weighted by atomic mass is 10.4. The lowest BCUT2D eigenvalue weighted by Gasteiger charge is -2.21. The summed E-state index contributed by atoms with van der Waals surface area (Å²) >= 11 is 0. The topological polar surface area (TPSA) is 85.6 Å². The molecule has 15 heavy (non-hydrogen) atoms. The standard InChI is InChI=1S/C8H10N4O2S/c9-5-7-6-12(4-3-10-7)11-15(13,14)8-1-2-8/h3,6,8,11H,1-2,4H2. The van der Waals surface area contributed by atoms with Crippen molar-refractivity contribution in [3.63, 3.8) is 0 Å². The molecule has 0 unspecified atom stereocenters.